The fraction of sp³-hybridized carbons (Fsp3) is 0.240. The molecule has 2 aromatic heterocycles. The molecule has 0 atom stereocenters. The molecule has 4 rings (SSSR count). The van der Waals surface area contributed by atoms with E-state index in [0.29, 0.717) is 33.4 Å². The first-order valence-corrected chi connectivity index (χ1v) is 11.7. The van der Waals surface area contributed by atoms with Gasteiger partial charge in [0.25, 0.3) is 5.56 Å². The summed E-state index contributed by atoms with van der Waals surface area (Å²) in [6.45, 7) is 4.15. The monoisotopic (exact) mass is 478 g/mol. The summed E-state index contributed by atoms with van der Waals surface area (Å²) in [7, 11) is 3.13. The molecule has 0 radical (unpaired) electrons. The Morgan fingerprint density at radius 1 is 1.12 bits per heavy atom. The Kier molecular flexibility index (Phi) is 6.93. The molecule has 0 bridgehead atoms. The van der Waals surface area contributed by atoms with Gasteiger partial charge < -0.3 is 19.8 Å². The van der Waals surface area contributed by atoms with Crippen molar-refractivity contribution in [3.63, 3.8) is 0 Å². The van der Waals surface area contributed by atoms with E-state index in [-0.39, 0.29) is 23.8 Å². The van der Waals surface area contributed by atoms with Gasteiger partial charge in [0.15, 0.2) is 16.7 Å². The minimum atomic E-state index is -0.203. The Balaban J connectivity index is 1.56. The van der Waals surface area contributed by atoms with Crippen molar-refractivity contribution >= 4 is 28.7 Å². The second-order valence-electron chi connectivity index (χ2n) is 7.80. The van der Waals surface area contributed by atoms with E-state index in [1.165, 1.54) is 11.8 Å². The number of aryl methyl sites for hydroxylation is 2. The highest BCUT2D eigenvalue weighted by Gasteiger charge is 2.17. The maximum atomic E-state index is 13.3. The normalized spacial score (nSPS) is 10.9. The number of methoxy groups -OCH3 is 2. The first-order chi connectivity index (χ1) is 16.4. The van der Waals surface area contributed by atoms with Crippen molar-refractivity contribution in [3.05, 3.63) is 75.7 Å². The van der Waals surface area contributed by atoms with Crippen LogP contribution < -0.4 is 20.3 Å². The fourth-order valence-electron chi connectivity index (χ4n) is 3.66. The summed E-state index contributed by atoms with van der Waals surface area (Å²) in [4.78, 5) is 33.7. The molecule has 8 nitrogen and oxygen atoms in total. The number of benzene rings is 2. The van der Waals surface area contributed by atoms with Crippen LogP contribution in [0.2, 0.25) is 0 Å². The molecule has 176 valence electrons. The average Bonchev–Trinajstić information content (AvgIpc) is 3.22. The highest BCUT2D eigenvalue weighted by Crippen LogP contribution is 2.30. The zero-order valence-corrected chi connectivity index (χ0v) is 20.3. The molecule has 2 aromatic carbocycles. The van der Waals surface area contributed by atoms with Crippen molar-refractivity contribution in [1.82, 2.24) is 19.9 Å². The number of H-pyrrole nitrogens is 1. The standard InChI is InChI=1S/C25H26N4O4S/c1-15-8-10-18(11-9-15)29-24(31)22-19(12-16(2)27-22)28-25(29)34-14-21(30)26-13-17-6-5-7-20(32-3)23(17)33-4/h5-12,27H,13-14H2,1-4H3,(H,26,30). The Morgan fingerprint density at radius 3 is 2.59 bits per heavy atom. The number of para-hydroxylation sites is 1. The van der Waals surface area contributed by atoms with Crippen molar-refractivity contribution in [3.8, 4) is 17.2 Å². The lowest BCUT2D eigenvalue weighted by molar-refractivity contribution is -0.118. The molecule has 0 aliphatic rings. The van der Waals surface area contributed by atoms with Gasteiger partial charge in [0, 0.05) is 17.8 Å². The minimum Gasteiger partial charge on any atom is -0.493 e. The number of carbonyl (C=O) groups is 1. The summed E-state index contributed by atoms with van der Waals surface area (Å²) in [5.41, 5.74) is 4.25. The van der Waals surface area contributed by atoms with E-state index in [0.717, 1.165) is 16.8 Å². The van der Waals surface area contributed by atoms with Gasteiger partial charge in [0.2, 0.25) is 5.91 Å². The summed E-state index contributed by atoms with van der Waals surface area (Å²) in [6, 6.07) is 15.0. The Morgan fingerprint density at radius 2 is 1.88 bits per heavy atom. The molecule has 9 heteroatoms. The van der Waals surface area contributed by atoms with Crippen LogP contribution in [0.15, 0.2) is 58.5 Å². The third kappa shape index (κ3) is 4.79. The molecular formula is C25H26N4O4S. The number of carbonyl (C=O) groups excluding carboxylic acids is 1. The van der Waals surface area contributed by atoms with Crippen molar-refractivity contribution < 1.29 is 14.3 Å². The molecule has 1 amide bonds. The van der Waals surface area contributed by atoms with Crippen LogP contribution in [-0.4, -0.2) is 40.4 Å². The first-order valence-electron chi connectivity index (χ1n) is 10.7. The molecule has 0 aliphatic carbocycles. The molecule has 0 spiro atoms. The van der Waals surface area contributed by atoms with Crippen molar-refractivity contribution in [2.75, 3.05) is 20.0 Å². The van der Waals surface area contributed by atoms with Crippen LogP contribution in [0, 0.1) is 13.8 Å². The summed E-state index contributed by atoms with van der Waals surface area (Å²) in [5.74, 6) is 1.09. The number of ether oxygens (including phenoxy) is 2. The highest BCUT2D eigenvalue weighted by atomic mass is 32.2. The van der Waals surface area contributed by atoms with Gasteiger partial charge in [-0.2, -0.15) is 0 Å². The second kappa shape index (κ2) is 10.0. The lowest BCUT2D eigenvalue weighted by Gasteiger charge is -2.14. The summed E-state index contributed by atoms with van der Waals surface area (Å²) in [5, 5.41) is 3.35. The third-order valence-corrected chi connectivity index (χ3v) is 6.28. The fourth-order valence-corrected chi connectivity index (χ4v) is 4.51. The van der Waals surface area contributed by atoms with Crippen LogP contribution in [0.1, 0.15) is 16.8 Å². The summed E-state index contributed by atoms with van der Waals surface area (Å²) >= 11 is 1.22. The molecule has 0 aliphatic heterocycles. The number of aromatic amines is 1. The van der Waals surface area contributed by atoms with Crippen molar-refractivity contribution in [2.24, 2.45) is 0 Å². The Bertz CT molecular complexity index is 1390. The predicted molar refractivity (Wildman–Crippen MR) is 133 cm³/mol. The lowest BCUT2D eigenvalue weighted by atomic mass is 10.2. The first kappa shape index (κ1) is 23.4. The van der Waals surface area contributed by atoms with Crippen LogP contribution in [0.25, 0.3) is 16.7 Å². The van der Waals surface area contributed by atoms with E-state index in [1.54, 1.807) is 24.9 Å². The molecule has 4 aromatic rings. The number of amides is 1. The average molecular weight is 479 g/mol. The van der Waals surface area contributed by atoms with E-state index < -0.39 is 0 Å². The van der Waals surface area contributed by atoms with E-state index in [2.05, 4.69) is 15.3 Å². The summed E-state index contributed by atoms with van der Waals surface area (Å²) < 4.78 is 12.3. The van der Waals surface area contributed by atoms with Crippen LogP contribution in [0.3, 0.4) is 0 Å². The molecule has 0 saturated carbocycles. The molecule has 0 fully saturated rings. The highest BCUT2D eigenvalue weighted by molar-refractivity contribution is 7.99. The molecular weight excluding hydrogens is 452 g/mol. The van der Waals surface area contributed by atoms with E-state index in [4.69, 9.17) is 9.47 Å². The van der Waals surface area contributed by atoms with Gasteiger partial charge in [-0.1, -0.05) is 41.6 Å². The number of hydrogen-bond donors (Lipinski definition) is 2. The zero-order chi connectivity index (χ0) is 24.2. The molecule has 34 heavy (non-hydrogen) atoms. The molecule has 2 N–H and O–H groups in total. The van der Waals surface area contributed by atoms with Gasteiger partial charge in [-0.3, -0.25) is 14.2 Å². The number of rotatable bonds is 8. The molecule has 0 unspecified atom stereocenters. The number of hydrogen-bond acceptors (Lipinski definition) is 6. The molecule has 2 heterocycles. The van der Waals surface area contributed by atoms with E-state index in [9.17, 15) is 9.59 Å². The number of thioether (sulfide) groups is 1. The van der Waals surface area contributed by atoms with E-state index in [1.807, 2.05) is 56.3 Å². The lowest BCUT2D eigenvalue weighted by Crippen LogP contribution is -2.26. The van der Waals surface area contributed by atoms with Gasteiger partial charge in [0.1, 0.15) is 5.52 Å². The van der Waals surface area contributed by atoms with E-state index >= 15 is 0 Å². The largest absolute Gasteiger partial charge is 0.493 e. The Hall–Kier alpha value is -3.72. The second-order valence-corrected chi connectivity index (χ2v) is 8.74. The van der Waals surface area contributed by atoms with Gasteiger partial charge in [-0.15, -0.1) is 0 Å². The van der Waals surface area contributed by atoms with Crippen LogP contribution >= 0.6 is 11.8 Å². The molecule has 0 saturated heterocycles. The van der Waals surface area contributed by atoms with Crippen molar-refractivity contribution in [1.29, 1.82) is 0 Å². The number of aromatic nitrogens is 3. The van der Waals surface area contributed by atoms with Crippen LogP contribution in [0.5, 0.6) is 11.5 Å². The number of nitrogens with one attached hydrogen (secondary N) is 2. The SMILES string of the molecule is COc1cccc(CNC(=O)CSc2nc3cc(C)[nH]c3c(=O)n2-c2ccc(C)cc2)c1OC. The van der Waals surface area contributed by atoms with Crippen molar-refractivity contribution in [2.45, 2.75) is 25.5 Å². The summed E-state index contributed by atoms with van der Waals surface area (Å²) in [6.07, 6.45) is 0. The quantitative estimate of drug-likeness (QED) is 0.296. The smallest absolute Gasteiger partial charge is 0.283 e. The topological polar surface area (TPSA) is 98.2 Å². The van der Waals surface area contributed by atoms with Gasteiger partial charge >= 0.3 is 0 Å². The van der Waals surface area contributed by atoms with Gasteiger partial charge in [-0.05, 0) is 38.1 Å². The predicted octanol–water partition coefficient (Wildman–Crippen LogP) is 3.76. The van der Waals surface area contributed by atoms with Crippen LogP contribution in [-0.2, 0) is 11.3 Å². The maximum absolute atomic E-state index is 13.3. The maximum Gasteiger partial charge on any atom is 0.283 e. The minimum absolute atomic E-state index is 0.0967. The number of nitrogens with zero attached hydrogens (tertiary/aromatic N) is 2. The Labute approximate surface area is 201 Å². The van der Waals surface area contributed by atoms with Gasteiger partial charge in [-0.25, -0.2) is 4.98 Å². The van der Waals surface area contributed by atoms with Crippen LogP contribution in [0.4, 0.5) is 0 Å². The van der Waals surface area contributed by atoms with Gasteiger partial charge in [0.05, 0.1) is 31.2 Å². The third-order valence-electron chi connectivity index (χ3n) is 5.34. The number of fused-ring (bicyclic) bond motifs is 1. The zero-order valence-electron chi connectivity index (χ0n) is 19.5.